The summed E-state index contributed by atoms with van der Waals surface area (Å²) < 4.78 is 0. The van der Waals surface area contributed by atoms with Gasteiger partial charge in [0.15, 0.2) is 0 Å². The van der Waals surface area contributed by atoms with Crippen molar-refractivity contribution in [2.75, 3.05) is 0 Å². The molecule has 17 heavy (non-hydrogen) atoms. The van der Waals surface area contributed by atoms with E-state index in [2.05, 4.69) is 20.8 Å². The minimum atomic E-state index is -0.556. The van der Waals surface area contributed by atoms with Gasteiger partial charge in [-0.05, 0) is 61.2 Å². The van der Waals surface area contributed by atoms with Crippen molar-refractivity contribution in [2.24, 2.45) is 35.0 Å². The number of rotatable bonds is 0. The van der Waals surface area contributed by atoms with Crippen molar-refractivity contribution in [3.63, 3.8) is 0 Å². The zero-order chi connectivity index (χ0) is 12.6. The lowest BCUT2D eigenvalue weighted by Gasteiger charge is -2.35. The Morgan fingerprint density at radius 2 is 1.76 bits per heavy atom. The summed E-state index contributed by atoms with van der Waals surface area (Å²) in [5, 5.41) is 20.8. The molecule has 0 bridgehead atoms. The number of aliphatic hydroxyl groups excluding tert-OH is 1. The summed E-state index contributed by atoms with van der Waals surface area (Å²) in [6, 6.07) is 0. The van der Waals surface area contributed by atoms with E-state index in [9.17, 15) is 10.2 Å². The Balaban J connectivity index is 1.96. The van der Waals surface area contributed by atoms with Gasteiger partial charge in [0.2, 0.25) is 0 Å². The van der Waals surface area contributed by atoms with Crippen LogP contribution >= 0.6 is 0 Å². The predicted octanol–water partition coefficient (Wildman–Crippen LogP) is 2.44. The summed E-state index contributed by atoms with van der Waals surface area (Å²) >= 11 is 0. The molecule has 0 amide bonds. The summed E-state index contributed by atoms with van der Waals surface area (Å²) in [5.74, 6) is 2.70. The molecule has 7 atom stereocenters. The largest absolute Gasteiger partial charge is 0.393 e. The smallest absolute Gasteiger partial charge is 0.0651 e. The molecular weight excluding hydrogens is 212 g/mol. The van der Waals surface area contributed by atoms with Crippen molar-refractivity contribution < 1.29 is 10.2 Å². The first kappa shape index (κ1) is 12.0. The molecule has 2 N–H and O–H groups in total. The van der Waals surface area contributed by atoms with E-state index in [1.54, 1.807) is 0 Å². The second kappa shape index (κ2) is 3.27. The van der Waals surface area contributed by atoms with Crippen LogP contribution in [0.15, 0.2) is 0 Å². The third kappa shape index (κ3) is 1.46. The molecule has 2 nitrogen and oxygen atoms in total. The topological polar surface area (TPSA) is 40.5 Å². The summed E-state index contributed by atoms with van der Waals surface area (Å²) in [6.45, 7) is 8.92. The van der Waals surface area contributed by atoms with E-state index < -0.39 is 5.60 Å². The monoisotopic (exact) mass is 238 g/mol. The van der Waals surface area contributed by atoms with Crippen LogP contribution in [0.5, 0.6) is 0 Å². The molecule has 0 aromatic heterocycles. The highest BCUT2D eigenvalue weighted by Gasteiger charge is 2.67. The standard InChI is InChI=1S/C15H26O2/c1-8-11(16)7-10-12(8)13-9(14(13,2)3)5-6-15(10,4)17/h8-13,16-17H,5-7H2,1-4H3/t8-,9?,10?,11+,12?,13?,15-/m0/s1. The molecule has 0 aromatic rings. The maximum atomic E-state index is 10.7. The molecule has 4 unspecified atom stereocenters. The van der Waals surface area contributed by atoms with Crippen LogP contribution < -0.4 is 0 Å². The lowest BCUT2D eigenvalue weighted by molar-refractivity contribution is -0.0309. The normalized spacial score (nSPS) is 60.4. The van der Waals surface area contributed by atoms with E-state index in [0.29, 0.717) is 23.2 Å². The molecule has 3 aliphatic carbocycles. The molecule has 3 aliphatic rings. The van der Waals surface area contributed by atoms with Crippen LogP contribution in [0.1, 0.15) is 47.0 Å². The first-order valence-electron chi connectivity index (χ1n) is 7.17. The Morgan fingerprint density at radius 1 is 1.12 bits per heavy atom. The molecule has 98 valence electrons. The Bertz CT molecular complexity index is 334. The first-order chi connectivity index (χ1) is 7.77. The van der Waals surface area contributed by atoms with Crippen LogP contribution in [-0.2, 0) is 0 Å². The predicted molar refractivity (Wildman–Crippen MR) is 67.4 cm³/mol. The summed E-state index contributed by atoms with van der Waals surface area (Å²) in [5.41, 5.74) is -0.113. The second-order valence-corrected chi connectivity index (χ2v) is 7.70. The third-order valence-corrected chi connectivity index (χ3v) is 6.49. The Morgan fingerprint density at radius 3 is 2.41 bits per heavy atom. The highest BCUT2D eigenvalue weighted by Crippen LogP contribution is 2.71. The molecule has 0 heterocycles. The first-order valence-corrected chi connectivity index (χ1v) is 7.17. The molecule has 0 radical (unpaired) electrons. The Labute approximate surface area is 104 Å². The van der Waals surface area contributed by atoms with Gasteiger partial charge in [-0.3, -0.25) is 0 Å². The molecule has 2 heteroatoms. The van der Waals surface area contributed by atoms with Crippen molar-refractivity contribution in [3.8, 4) is 0 Å². The van der Waals surface area contributed by atoms with Gasteiger partial charge in [-0.25, -0.2) is 0 Å². The van der Waals surface area contributed by atoms with E-state index in [1.165, 1.54) is 6.42 Å². The number of aliphatic hydroxyl groups is 2. The van der Waals surface area contributed by atoms with Gasteiger partial charge >= 0.3 is 0 Å². The average Bonchev–Trinajstić information content (AvgIpc) is 2.66. The van der Waals surface area contributed by atoms with Gasteiger partial charge in [0.1, 0.15) is 0 Å². The van der Waals surface area contributed by atoms with Crippen molar-refractivity contribution in [1.29, 1.82) is 0 Å². The van der Waals surface area contributed by atoms with E-state index in [4.69, 9.17) is 0 Å². The lowest BCUT2D eigenvalue weighted by Crippen LogP contribution is -2.38. The Hall–Kier alpha value is -0.0800. The van der Waals surface area contributed by atoms with E-state index in [-0.39, 0.29) is 6.10 Å². The number of fused-ring (bicyclic) bond motifs is 3. The van der Waals surface area contributed by atoms with Gasteiger partial charge in [0.05, 0.1) is 11.7 Å². The molecule has 0 spiro atoms. The second-order valence-electron chi connectivity index (χ2n) is 7.70. The average molecular weight is 238 g/mol. The van der Waals surface area contributed by atoms with E-state index in [1.807, 2.05) is 6.92 Å². The fourth-order valence-electron chi connectivity index (χ4n) is 5.24. The van der Waals surface area contributed by atoms with Gasteiger partial charge in [0.25, 0.3) is 0 Å². The minimum absolute atomic E-state index is 0.202. The van der Waals surface area contributed by atoms with Gasteiger partial charge in [-0.1, -0.05) is 20.8 Å². The zero-order valence-electron chi connectivity index (χ0n) is 11.5. The molecule has 3 saturated carbocycles. The van der Waals surface area contributed by atoms with Crippen LogP contribution in [0.4, 0.5) is 0 Å². The molecule has 0 aromatic carbocycles. The molecule has 0 saturated heterocycles. The number of hydrogen-bond acceptors (Lipinski definition) is 2. The third-order valence-electron chi connectivity index (χ3n) is 6.49. The van der Waals surface area contributed by atoms with Crippen LogP contribution in [0, 0.1) is 35.0 Å². The van der Waals surface area contributed by atoms with Crippen molar-refractivity contribution in [2.45, 2.75) is 58.7 Å². The maximum absolute atomic E-state index is 10.7. The molecule has 3 rings (SSSR count). The quantitative estimate of drug-likeness (QED) is 0.680. The van der Waals surface area contributed by atoms with Crippen molar-refractivity contribution in [1.82, 2.24) is 0 Å². The van der Waals surface area contributed by atoms with Gasteiger partial charge in [-0.2, -0.15) is 0 Å². The summed E-state index contributed by atoms with van der Waals surface area (Å²) in [6.07, 6.45) is 2.68. The highest BCUT2D eigenvalue weighted by atomic mass is 16.3. The Kier molecular flexibility index (Phi) is 2.30. The van der Waals surface area contributed by atoms with Crippen LogP contribution in [0.25, 0.3) is 0 Å². The lowest BCUT2D eigenvalue weighted by atomic mass is 9.74. The SMILES string of the molecule is C[C@@H]1C2C3C(CC[C@](C)(O)C2C[C@H]1O)C3(C)C. The molecule has 3 fully saturated rings. The van der Waals surface area contributed by atoms with Crippen molar-refractivity contribution in [3.05, 3.63) is 0 Å². The molecule has 0 aliphatic heterocycles. The zero-order valence-corrected chi connectivity index (χ0v) is 11.5. The number of hydrogen-bond donors (Lipinski definition) is 2. The van der Waals surface area contributed by atoms with Crippen LogP contribution in [-0.4, -0.2) is 21.9 Å². The van der Waals surface area contributed by atoms with Gasteiger partial charge in [0, 0.05) is 0 Å². The van der Waals surface area contributed by atoms with Gasteiger partial charge < -0.3 is 10.2 Å². The van der Waals surface area contributed by atoms with Gasteiger partial charge in [-0.15, -0.1) is 0 Å². The van der Waals surface area contributed by atoms with Crippen LogP contribution in [0.2, 0.25) is 0 Å². The fourth-order valence-corrected chi connectivity index (χ4v) is 5.24. The molecular formula is C15H26O2. The minimum Gasteiger partial charge on any atom is -0.393 e. The summed E-state index contributed by atoms with van der Waals surface area (Å²) in [7, 11) is 0. The van der Waals surface area contributed by atoms with Crippen molar-refractivity contribution >= 4 is 0 Å². The van der Waals surface area contributed by atoms with Crippen LogP contribution in [0.3, 0.4) is 0 Å². The van der Waals surface area contributed by atoms with E-state index in [0.717, 1.165) is 24.7 Å². The summed E-state index contributed by atoms with van der Waals surface area (Å²) in [4.78, 5) is 0. The highest BCUT2D eigenvalue weighted by molar-refractivity contribution is 5.16. The fraction of sp³-hybridized carbons (Fsp3) is 1.00. The van der Waals surface area contributed by atoms with E-state index >= 15 is 0 Å². The maximum Gasteiger partial charge on any atom is 0.0651 e.